The highest BCUT2D eigenvalue weighted by Gasteiger charge is 1.98. The Labute approximate surface area is 61.9 Å². The Kier molecular flexibility index (Phi) is 4.87. The Morgan fingerprint density at radius 2 is 2.11 bits per heavy atom. The molecule has 0 aromatic carbocycles. The highest BCUT2D eigenvalue weighted by molar-refractivity contribution is 8.13. The summed E-state index contributed by atoms with van der Waals surface area (Å²) in [6.07, 6.45) is 3.20. The van der Waals surface area contributed by atoms with Crippen LogP contribution >= 0.6 is 11.8 Å². The van der Waals surface area contributed by atoms with Gasteiger partial charge in [0.25, 0.3) is 0 Å². The first-order valence-electron chi connectivity index (χ1n) is 3.20. The minimum Gasteiger partial charge on any atom is -0.286 e. The Hall–Kier alpha value is 0.0200. The van der Waals surface area contributed by atoms with Crippen LogP contribution in [0.1, 0.15) is 20.3 Å². The fourth-order valence-electron chi connectivity index (χ4n) is 0.615. The predicted octanol–water partition coefficient (Wildman–Crippen LogP) is 2.42. The first kappa shape index (κ1) is 9.02. The molecule has 0 radical (unpaired) electrons. The molecule has 0 aliphatic rings. The molecular weight excluding hydrogens is 130 g/mol. The lowest BCUT2D eigenvalue weighted by Gasteiger charge is -2.03. The summed E-state index contributed by atoms with van der Waals surface area (Å²) in [5.41, 5.74) is 0. The molecule has 0 heterocycles. The second-order valence-corrected chi connectivity index (χ2v) is 3.30. The quantitative estimate of drug-likeness (QED) is 0.429. The molecule has 9 heavy (non-hydrogen) atoms. The van der Waals surface area contributed by atoms with E-state index >= 15 is 0 Å². The normalized spacial score (nSPS) is 12.8. The number of hydrogen-bond acceptors (Lipinski definition) is 2. The van der Waals surface area contributed by atoms with Crippen molar-refractivity contribution in [3.8, 4) is 0 Å². The zero-order valence-corrected chi connectivity index (χ0v) is 7.46. The Morgan fingerprint density at radius 3 is 2.22 bits per heavy atom. The van der Waals surface area contributed by atoms with E-state index in [0.717, 1.165) is 12.3 Å². The third-order valence-corrected chi connectivity index (χ3v) is 1.89. The molecule has 0 saturated carbocycles. The second-order valence-electron chi connectivity index (χ2n) is 2.42. The van der Waals surface area contributed by atoms with E-state index in [9.17, 15) is 0 Å². The summed E-state index contributed by atoms with van der Waals surface area (Å²) >= 11 is 1.75. The molecule has 0 aliphatic heterocycles. The highest BCUT2D eigenvalue weighted by Crippen LogP contribution is 2.09. The summed E-state index contributed by atoms with van der Waals surface area (Å²) in [5.74, 6) is 0.733. The topological polar surface area (TPSA) is 12.4 Å². The van der Waals surface area contributed by atoms with Gasteiger partial charge in [0.2, 0.25) is 0 Å². The maximum Gasteiger partial charge on any atom is 0.0672 e. The lowest BCUT2D eigenvalue weighted by atomic mass is 10.1. The van der Waals surface area contributed by atoms with E-state index in [1.54, 1.807) is 11.8 Å². The number of thioether (sulfide) groups is 1. The van der Waals surface area contributed by atoms with Gasteiger partial charge < -0.3 is 0 Å². The van der Waals surface area contributed by atoms with Gasteiger partial charge in [0, 0.05) is 7.05 Å². The third-order valence-electron chi connectivity index (χ3n) is 1.07. The molecule has 0 aromatic heterocycles. The van der Waals surface area contributed by atoms with Crippen molar-refractivity contribution < 1.29 is 0 Å². The molecule has 54 valence electrons. The van der Waals surface area contributed by atoms with Gasteiger partial charge in [-0.1, -0.05) is 13.8 Å². The van der Waals surface area contributed by atoms with Crippen LogP contribution in [0.2, 0.25) is 0 Å². The van der Waals surface area contributed by atoms with E-state index < -0.39 is 0 Å². The van der Waals surface area contributed by atoms with Crippen molar-refractivity contribution in [3.05, 3.63) is 0 Å². The van der Waals surface area contributed by atoms with Crippen LogP contribution in [0.5, 0.6) is 0 Å². The average Bonchev–Trinajstić information content (AvgIpc) is 1.82. The molecule has 0 unspecified atom stereocenters. The SMILES string of the molecule is CN=C(CC(C)C)SC. The molecule has 0 atom stereocenters. The number of aliphatic imine (C=N–C) groups is 1. The lowest BCUT2D eigenvalue weighted by Crippen LogP contribution is -1.97. The molecule has 0 bridgehead atoms. The molecule has 0 rings (SSSR count). The molecule has 0 aliphatic carbocycles. The predicted molar refractivity (Wildman–Crippen MR) is 46.3 cm³/mol. The van der Waals surface area contributed by atoms with Crippen molar-refractivity contribution in [2.75, 3.05) is 13.3 Å². The molecule has 0 fully saturated rings. The van der Waals surface area contributed by atoms with Crippen LogP contribution in [0.4, 0.5) is 0 Å². The fourth-order valence-corrected chi connectivity index (χ4v) is 1.30. The van der Waals surface area contributed by atoms with Crippen LogP contribution < -0.4 is 0 Å². The maximum atomic E-state index is 4.13. The number of rotatable bonds is 2. The highest BCUT2D eigenvalue weighted by atomic mass is 32.2. The molecular formula is C7H15NS. The van der Waals surface area contributed by atoms with Gasteiger partial charge in [-0.25, -0.2) is 0 Å². The maximum absolute atomic E-state index is 4.13. The van der Waals surface area contributed by atoms with Crippen LogP contribution in [-0.4, -0.2) is 18.3 Å². The minimum absolute atomic E-state index is 0.733. The summed E-state index contributed by atoms with van der Waals surface area (Å²) in [4.78, 5) is 4.13. The van der Waals surface area contributed by atoms with Gasteiger partial charge in [0.05, 0.1) is 5.04 Å². The fraction of sp³-hybridized carbons (Fsp3) is 0.857. The zero-order chi connectivity index (χ0) is 7.28. The Morgan fingerprint density at radius 1 is 1.56 bits per heavy atom. The summed E-state index contributed by atoms with van der Waals surface area (Å²) in [5, 5.41) is 1.25. The van der Waals surface area contributed by atoms with Crippen LogP contribution in [0.25, 0.3) is 0 Å². The van der Waals surface area contributed by atoms with Crippen LogP contribution in [0, 0.1) is 5.92 Å². The molecule has 0 spiro atoms. The zero-order valence-electron chi connectivity index (χ0n) is 6.64. The van der Waals surface area contributed by atoms with E-state index in [4.69, 9.17) is 0 Å². The van der Waals surface area contributed by atoms with Gasteiger partial charge in [-0.05, 0) is 18.6 Å². The minimum atomic E-state index is 0.733. The largest absolute Gasteiger partial charge is 0.286 e. The van der Waals surface area contributed by atoms with Crippen molar-refractivity contribution in [2.24, 2.45) is 10.9 Å². The van der Waals surface area contributed by atoms with E-state index in [-0.39, 0.29) is 0 Å². The first-order valence-corrected chi connectivity index (χ1v) is 4.42. The smallest absolute Gasteiger partial charge is 0.0672 e. The first-order chi connectivity index (χ1) is 4.20. The molecule has 0 saturated heterocycles. The Bertz CT molecular complexity index is 97.1. The lowest BCUT2D eigenvalue weighted by molar-refractivity contribution is 0.688. The summed E-state index contributed by atoms with van der Waals surface area (Å²) in [7, 11) is 1.86. The average molecular weight is 145 g/mol. The van der Waals surface area contributed by atoms with E-state index in [2.05, 4.69) is 25.1 Å². The van der Waals surface area contributed by atoms with Gasteiger partial charge >= 0.3 is 0 Å². The molecule has 2 heteroatoms. The second kappa shape index (κ2) is 4.86. The Balaban J connectivity index is 3.58. The summed E-state index contributed by atoms with van der Waals surface area (Å²) in [6, 6.07) is 0. The van der Waals surface area contributed by atoms with Gasteiger partial charge in [0.1, 0.15) is 0 Å². The van der Waals surface area contributed by atoms with Crippen LogP contribution in [0.3, 0.4) is 0 Å². The summed E-state index contributed by atoms with van der Waals surface area (Å²) < 4.78 is 0. The van der Waals surface area contributed by atoms with Gasteiger partial charge in [-0.2, -0.15) is 0 Å². The monoisotopic (exact) mass is 145 g/mol. The van der Waals surface area contributed by atoms with Crippen LogP contribution in [-0.2, 0) is 0 Å². The van der Waals surface area contributed by atoms with Crippen LogP contribution in [0.15, 0.2) is 4.99 Å². The van der Waals surface area contributed by atoms with Gasteiger partial charge in [-0.15, -0.1) is 11.8 Å². The van der Waals surface area contributed by atoms with E-state index in [1.165, 1.54) is 5.04 Å². The van der Waals surface area contributed by atoms with Crippen molar-refractivity contribution >= 4 is 16.8 Å². The van der Waals surface area contributed by atoms with E-state index in [0.29, 0.717) is 0 Å². The molecule has 0 N–H and O–H groups in total. The standard InChI is InChI=1S/C7H15NS/c1-6(2)5-7(8-3)9-4/h6H,5H2,1-4H3. The molecule has 1 nitrogen and oxygen atoms in total. The van der Waals surface area contributed by atoms with Crippen molar-refractivity contribution in [1.82, 2.24) is 0 Å². The number of hydrogen-bond donors (Lipinski definition) is 0. The van der Waals surface area contributed by atoms with E-state index in [1.807, 2.05) is 7.05 Å². The third kappa shape index (κ3) is 4.52. The van der Waals surface area contributed by atoms with Crippen molar-refractivity contribution in [1.29, 1.82) is 0 Å². The molecule has 0 amide bonds. The van der Waals surface area contributed by atoms with Gasteiger partial charge in [-0.3, -0.25) is 4.99 Å². The van der Waals surface area contributed by atoms with Crippen molar-refractivity contribution in [2.45, 2.75) is 20.3 Å². The summed E-state index contributed by atoms with van der Waals surface area (Å²) in [6.45, 7) is 4.42. The molecule has 0 aromatic rings. The number of nitrogens with zero attached hydrogens (tertiary/aromatic N) is 1. The van der Waals surface area contributed by atoms with Crippen molar-refractivity contribution in [3.63, 3.8) is 0 Å². The van der Waals surface area contributed by atoms with Gasteiger partial charge in [0.15, 0.2) is 0 Å².